The first-order valence-corrected chi connectivity index (χ1v) is 4.97. The molecule has 1 nitrogen and oxygen atoms in total. The van der Waals surface area contributed by atoms with E-state index in [1.54, 1.807) is 0 Å². The molecule has 0 heterocycles. The van der Waals surface area contributed by atoms with Crippen molar-refractivity contribution in [3.05, 3.63) is 47.2 Å². The van der Waals surface area contributed by atoms with E-state index in [2.05, 4.69) is 31.2 Å². The van der Waals surface area contributed by atoms with Gasteiger partial charge in [-0.1, -0.05) is 36.0 Å². The standard InChI is InChI=1S/C13H21N/c1-5-8-11(2)9-6-7-10-12(3)13(4)14/h5,7-10H,6,14H2,1-4H3. The maximum absolute atomic E-state index is 5.63. The van der Waals surface area contributed by atoms with Crippen LogP contribution in [0.1, 0.15) is 34.1 Å². The van der Waals surface area contributed by atoms with Crippen LogP contribution in [0.25, 0.3) is 0 Å². The van der Waals surface area contributed by atoms with Crippen molar-refractivity contribution >= 4 is 0 Å². The van der Waals surface area contributed by atoms with Crippen molar-refractivity contribution in [3.8, 4) is 0 Å². The Morgan fingerprint density at radius 1 is 1.14 bits per heavy atom. The van der Waals surface area contributed by atoms with E-state index < -0.39 is 0 Å². The molecule has 0 aromatic carbocycles. The third-order valence-electron chi connectivity index (χ3n) is 2.00. The predicted molar refractivity (Wildman–Crippen MR) is 64.9 cm³/mol. The number of hydrogen-bond acceptors (Lipinski definition) is 1. The van der Waals surface area contributed by atoms with Crippen LogP contribution in [0.2, 0.25) is 0 Å². The van der Waals surface area contributed by atoms with Gasteiger partial charge < -0.3 is 5.73 Å². The first-order chi connectivity index (χ1) is 6.57. The molecule has 0 amide bonds. The number of hydrogen-bond donors (Lipinski definition) is 1. The average molecular weight is 191 g/mol. The minimum atomic E-state index is 0.885. The van der Waals surface area contributed by atoms with E-state index in [-0.39, 0.29) is 0 Å². The Morgan fingerprint density at radius 2 is 1.79 bits per heavy atom. The molecule has 78 valence electrons. The van der Waals surface area contributed by atoms with Crippen molar-refractivity contribution in [2.75, 3.05) is 0 Å². The zero-order valence-electron chi connectivity index (χ0n) is 9.67. The van der Waals surface area contributed by atoms with Gasteiger partial charge in [-0.2, -0.15) is 0 Å². The van der Waals surface area contributed by atoms with Gasteiger partial charge in [-0.15, -0.1) is 0 Å². The Balaban J connectivity index is 4.08. The highest BCUT2D eigenvalue weighted by atomic mass is 14.5. The van der Waals surface area contributed by atoms with Crippen molar-refractivity contribution in [3.63, 3.8) is 0 Å². The van der Waals surface area contributed by atoms with Gasteiger partial charge in [0.25, 0.3) is 0 Å². The summed E-state index contributed by atoms with van der Waals surface area (Å²) in [6.07, 6.45) is 11.5. The number of allylic oxidation sites excluding steroid dienone is 8. The lowest BCUT2D eigenvalue weighted by Crippen LogP contribution is -1.92. The van der Waals surface area contributed by atoms with E-state index in [0.29, 0.717) is 0 Å². The highest BCUT2D eigenvalue weighted by Crippen LogP contribution is 2.02. The van der Waals surface area contributed by atoms with E-state index in [1.807, 2.05) is 26.8 Å². The maximum Gasteiger partial charge on any atom is 0.00784 e. The topological polar surface area (TPSA) is 26.0 Å². The Kier molecular flexibility index (Phi) is 6.55. The van der Waals surface area contributed by atoms with Gasteiger partial charge in [-0.3, -0.25) is 0 Å². The van der Waals surface area contributed by atoms with Crippen LogP contribution in [0.5, 0.6) is 0 Å². The Morgan fingerprint density at radius 3 is 2.29 bits per heavy atom. The van der Waals surface area contributed by atoms with Crippen molar-refractivity contribution in [1.82, 2.24) is 0 Å². The lowest BCUT2D eigenvalue weighted by Gasteiger charge is -1.94. The van der Waals surface area contributed by atoms with E-state index in [0.717, 1.165) is 17.7 Å². The molecule has 0 rings (SSSR count). The number of rotatable bonds is 4. The molecule has 0 saturated heterocycles. The van der Waals surface area contributed by atoms with E-state index in [4.69, 9.17) is 5.73 Å². The molecule has 0 aliphatic carbocycles. The molecule has 0 atom stereocenters. The molecule has 0 radical (unpaired) electrons. The Labute approximate surface area is 87.7 Å². The van der Waals surface area contributed by atoms with Gasteiger partial charge in [-0.25, -0.2) is 0 Å². The lowest BCUT2D eigenvalue weighted by molar-refractivity contribution is 1.23. The summed E-state index contributed by atoms with van der Waals surface area (Å²) in [5, 5.41) is 0. The second-order valence-electron chi connectivity index (χ2n) is 3.45. The molecule has 0 aliphatic heterocycles. The molecular formula is C13H21N. The van der Waals surface area contributed by atoms with Crippen LogP contribution in [-0.2, 0) is 0 Å². The van der Waals surface area contributed by atoms with E-state index in [9.17, 15) is 0 Å². The minimum Gasteiger partial charge on any atom is -0.402 e. The first-order valence-electron chi connectivity index (χ1n) is 4.97. The summed E-state index contributed by atoms with van der Waals surface area (Å²) in [5.41, 5.74) is 8.95. The second-order valence-corrected chi connectivity index (χ2v) is 3.45. The van der Waals surface area contributed by atoms with Crippen molar-refractivity contribution in [2.45, 2.75) is 34.1 Å². The zero-order chi connectivity index (χ0) is 11.0. The van der Waals surface area contributed by atoms with Gasteiger partial charge in [0, 0.05) is 5.70 Å². The van der Waals surface area contributed by atoms with Gasteiger partial charge in [0.2, 0.25) is 0 Å². The molecule has 0 saturated carbocycles. The first kappa shape index (κ1) is 12.8. The minimum absolute atomic E-state index is 0.885. The van der Waals surface area contributed by atoms with Gasteiger partial charge >= 0.3 is 0 Å². The van der Waals surface area contributed by atoms with Crippen molar-refractivity contribution < 1.29 is 0 Å². The van der Waals surface area contributed by atoms with Crippen LogP contribution in [0.15, 0.2) is 47.2 Å². The highest BCUT2D eigenvalue weighted by Gasteiger charge is 1.84. The molecule has 0 spiro atoms. The fourth-order valence-electron chi connectivity index (χ4n) is 0.961. The van der Waals surface area contributed by atoms with Crippen LogP contribution in [-0.4, -0.2) is 0 Å². The zero-order valence-corrected chi connectivity index (χ0v) is 9.67. The van der Waals surface area contributed by atoms with Crippen LogP contribution in [0, 0.1) is 0 Å². The van der Waals surface area contributed by atoms with Gasteiger partial charge in [0.15, 0.2) is 0 Å². The van der Waals surface area contributed by atoms with Gasteiger partial charge in [0.1, 0.15) is 0 Å². The van der Waals surface area contributed by atoms with Crippen LogP contribution in [0.4, 0.5) is 0 Å². The molecule has 0 fully saturated rings. The molecule has 14 heavy (non-hydrogen) atoms. The summed E-state index contributed by atoms with van der Waals surface area (Å²) in [5.74, 6) is 0. The molecule has 0 bridgehead atoms. The third kappa shape index (κ3) is 6.30. The van der Waals surface area contributed by atoms with Gasteiger partial charge in [0.05, 0.1) is 0 Å². The summed E-state index contributed by atoms with van der Waals surface area (Å²) in [7, 11) is 0. The molecule has 2 N–H and O–H groups in total. The van der Waals surface area contributed by atoms with Gasteiger partial charge in [-0.05, 0) is 39.7 Å². The normalized spacial score (nSPS) is 15.3. The second kappa shape index (κ2) is 7.19. The Hall–Kier alpha value is -1.24. The quantitative estimate of drug-likeness (QED) is 0.673. The largest absolute Gasteiger partial charge is 0.402 e. The maximum atomic E-state index is 5.63. The molecular weight excluding hydrogens is 170 g/mol. The fraction of sp³-hybridized carbons (Fsp3) is 0.385. The molecule has 1 heteroatoms. The summed E-state index contributed by atoms with van der Waals surface area (Å²) >= 11 is 0. The predicted octanol–water partition coefficient (Wildman–Crippen LogP) is 3.71. The summed E-state index contributed by atoms with van der Waals surface area (Å²) < 4.78 is 0. The lowest BCUT2D eigenvalue weighted by atomic mass is 10.2. The molecule has 0 unspecified atom stereocenters. The monoisotopic (exact) mass is 191 g/mol. The molecule has 0 aliphatic rings. The smallest absolute Gasteiger partial charge is 0.00784 e. The van der Waals surface area contributed by atoms with E-state index in [1.165, 1.54) is 5.57 Å². The highest BCUT2D eigenvalue weighted by molar-refractivity contribution is 5.22. The van der Waals surface area contributed by atoms with E-state index >= 15 is 0 Å². The molecule has 0 aromatic heterocycles. The average Bonchev–Trinajstić information content (AvgIpc) is 2.12. The van der Waals surface area contributed by atoms with Crippen LogP contribution >= 0.6 is 0 Å². The third-order valence-corrected chi connectivity index (χ3v) is 2.00. The van der Waals surface area contributed by atoms with Crippen LogP contribution < -0.4 is 5.73 Å². The fourth-order valence-corrected chi connectivity index (χ4v) is 0.961. The SMILES string of the molecule is CC=CC(C)=CCC=CC(C)=C(C)N. The van der Waals surface area contributed by atoms with Crippen molar-refractivity contribution in [1.29, 1.82) is 0 Å². The Bertz CT molecular complexity index is 274. The molecule has 0 aromatic rings. The van der Waals surface area contributed by atoms with Crippen molar-refractivity contribution in [2.24, 2.45) is 5.73 Å². The summed E-state index contributed by atoms with van der Waals surface area (Å²) in [6, 6.07) is 0. The summed E-state index contributed by atoms with van der Waals surface area (Å²) in [4.78, 5) is 0. The number of nitrogens with two attached hydrogens (primary N) is 1. The van der Waals surface area contributed by atoms with Crippen LogP contribution in [0.3, 0.4) is 0 Å². The summed E-state index contributed by atoms with van der Waals surface area (Å²) in [6.45, 7) is 8.07.